The number of anilines is 1. The summed E-state index contributed by atoms with van der Waals surface area (Å²) in [6, 6.07) is 14.5. The van der Waals surface area contributed by atoms with E-state index in [0.717, 1.165) is 21.2 Å². The average Bonchev–Trinajstić information content (AvgIpc) is 3.43. The van der Waals surface area contributed by atoms with Gasteiger partial charge in [-0.1, -0.05) is 12.1 Å². The quantitative estimate of drug-likeness (QED) is 0.202. The van der Waals surface area contributed by atoms with Gasteiger partial charge in [0.05, 0.1) is 29.2 Å². The van der Waals surface area contributed by atoms with Crippen LogP contribution in [0.15, 0.2) is 64.4 Å². The molecule has 1 amide bonds. The van der Waals surface area contributed by atoms with Gasteiger partial charge in [0, 0.05) is 46.9 Å². The molecular weight excluding hydrogens is 518 g/mol. The fourth-order valence-corrected chi connectivity index (χ4v) is 5.60. The molecule has 0 fully saturated rings. The highest BCUT2D eigenvalue weighted by atomic mass is 32.2. The number of pyridine rings is 2. The second kappa shape index (κ2) is 9.70. The van der Waals surface area contributed by atoms with Gasteiger partial charge in [-0.2, -0.15) is 0 Å². The molecule has 0 saturated heterocycles. The predicted molar refractivity (Wildman–Crippen MR) is 152 cm³/mol. The van der Waals surface area contributed by atoms with Crippen LogP contribution in [-0.4, -0.2) is 42.9 Å². The Morgan fingerprint density at radius 2 is 1.79 bits per heavy atom. The summed E-state index contributed by atoms with van der Waals surface area (Å²) < 4.78 is 24.2. The molecule has 0 spiro atoms. The molecule has 5 aromatic rings. The minimum absolute atomic E-state index is 0.143. The second-order valence-corrected chi connectivity index (χ2v) is 9.79. The van der Waals surface area contributed by atoms with E-state index in [1.165, 1.54) is 23.8 Å². The summed E-state index contributed by atoms with van der Waals surface area (Å²) in [5, 5.41) is 2.58. The van der Waals surface area contributed by atoms with Gasteiger partial charge in [0.2, 0.25) is 6.79 Å². The summed E-state index contributed by atoms with van der Waals surface area (Å²) in [4.78, 5) is 34.0. The second-order valence-electron chi connectivity index (χ2n) is 8.94. The lowest BCUT2D eigenvalue weighted by molar-refractivity contribution is 0.174. The number of carbonyl (C=O) groups excluding carboxylic acids is 1. The standard InChI is InChI=1S/C29H25N3O6S/c1-5-32-27-18-12-23-24(37-15-36-23)13-20(18)30-14-19(27)16-10-22(35-3)25(11-17(16)28(32)33)38-29(34)31(2)21-8-6-7-9-26(21)39-4/h6-14H,5,15H2,1-4H3. The SMILES string of the molecule is CCn1c(=O)c2cc(OC(=O)N(C)c3ccccc3SC)c(OC)cc2c2cnc3cc4c(cc3c21)OCO4. The first kappa shape index (κ1) is 24.9. The fraction of sp³-hybridized carbons (Fsp3) is 0.207. The van der Waals surface area contributed by atoms with E-state index in [-0.39, 0.29) is 18.1 Å². The van der Waals surface area contributed by atoms with Crippen molar-refractivity contribution in [1.82, 2.24) is 9.55 Å². The van der Waals surface area contributed by atoms with Gasteiger partial charge in [0.15, 0.2) is 23.0 Å². The Morgan fingerprint density at radius 3 is 2.54 bits per heavy atom. The van der Waals surface area contributed by atoms with Crippen molar-refractivity contribution in [3.05, 3.63) is 65.1 Å². The van der Waals surface area contributed by atoms with Crippen molar-refractivity contribution in [3.63, 3.8) is 0 Å². The Hall–Kier alpha value is -4.44. The van der Waals surface area contributed by atoms with Gasteiger partial charge in [-0.05, 0) is 43.5 Å². The van der Waals surface area contributed by atoms with E-state index in [1.807, 2.05) is 49.6 Å². The first-order valence-corrected chi connectivity index (χ1v) is 13.5. The lowest BCUT2D eigenvalue weighted by atomic mass is 10.0. The molecule has 0 atom stereocenters. The van der Waals surface area contributed by atoms with Crippen molar-refractivity contribution in [1.29, 1.82) is 0 Å². The van der Waals surface area contributed by atoms with Crippen LogP contribution in [0, 0.1) is 0 Å². The van der Waals surface area contributed by atoms with Crippen LogP contribution in [-0.2, 0) is 6.54 Å². The predicted octanol–water partition coefficient (Wildman–Crippen LogP) is 5.82. The number of nitrogens with zero attached hydrogens (tertiary/aromatic N) is 3. The topological polar surface area (TPSA) is 92.1 Å². The summed E-state index contributed by atoms with van der Waals surface area (Å²) in [6.45, 7) is 2.48. The third-order valence-electron chi connectivity index (χ3n) is 6.91. The molecule has 0 radical (unpaired) electrons. The van der Waals surface area contributed by atoms with Crippen molar-refractivity contribution >= 4 is 56.1 Å². The van der Waals surface area contributed by atoms with Gasteiger partial charge in [0.1, 0.15) is 0 Å². The van der Waals surface area contributed by atoms with Crippen LogP contribution in [0.1, 0.15) is 6.92 Å². The summed E-state index contributed by atoms with van der Waals surface area (Å²) in [5.74, 6) is 1.71. The largest absolute Gasteiger partial charge is 0.493 e. The third kappa shape index (κ3) is 3.99. The molecule has 2 aromatic heterocycles. The van der Waals surface area contributed by atoms with E-state index in [9.17, 15) is 9.59 Å². The Morgan fingerprint density at radius 1 is 1.05 bits per heavy atom. The lowest BCUT2D eigenvalue weighted by Gasteiger charge is -2.20. The molecule has 3 heterocycles. The van der Waals surface area contributed by atoms with Crippen LogP contribution in [0.5, 0.6) is 23.0 Å². The van der Waals surface area contributed by atoms with Crippen LogP contribution in [0.2, 0.25) is 0 Å². The monoisotopic (exact) mass is 543 g/mol. The molecule has 6 rings (SSSR count). The molecule has 198 valence electrons. The molecule has 0 unspecified atom stereocenters. The number of hydrogen-bond donors (Lipinski definition) is 0. The van der Waals surface area contributed by atoms with E-state index >= 15 is 0 Å². The number of carbonyl (C=O) groups is 1. The molecule has 0 bridgehead atoms. The smallest absolute Gasteiger partial charge is 0.419 e. The zero-order valence-corrected chi connectivity index (χ0v) is 22.6. The number of rotatable bonds is 5. The average molecular weight is 544 g/mol. The van der Waals surface area contributed by atoms with Crippen molar-refractivity contribution in [2.24, 2.45) is 0 Å². The van der Waals surface area contributed by atoms with Crippen LogP contribution in [0.3, 0.4) is 0 Å². The highest BCUT2D eigenvalue weighted by Gasteiger charge is 2.23. The van der Waals surface area contributed by atoms with Gasteiger partial charge in [0.25, 0.3) is 5.56 Å². The zero-order valence-electron chi connectivity index (χ0n) is 21.8. The highest BCUT2D eigenvalue weighted by molar-refractivity contribution is 7.98. The van der Waals surface area contributed by atoms with Crippen molar-refractivity contribution in [3.8, 4) is 23.0 Å². The van der Waals surface area contributed by atoms with Crippen molar-refractivity contribution < 1.29 is 23.7 Å². The molecule has 1 aliphatic rings. The van der Waals surface area contributed by atoms with Crippen LogP contribution < -0.4 is 29.4 Å². The number of ether oxygens (including phenoxy) is 4. The van der Waals surface area contributed by atoms with E-state index in [1.54, 1.807) is 29.9 Å². The number of benzene rings is 3. The molecule has 10 heteroatoms. The molecule has 3 aromatic carbocycles. The number of aromatic nitrogens is 2. The number of aryl methyl sites for hydroxylation is 1. The van der Waals surface area contributed by atoms with Crippen LogP contribution in [0.4, 0.5) is 10.5 Å². The third-order valence-corrected chi connectivity index (χ3v) is 7.69. The van der Waals surface area contributed by atoms with Crippen LogP contribution >= 0.6 is 11.8 Å². The number of amides is 1. The number of hydrogen-bond acceptors (Lipinski definition) is 8. The maximum absolute atomic E-state index is 13.8. The van der Waals surface area contributed by atoms with Crippen molar-refractivity contribution in [2.75, 3.05) is 32.1 Å². The number of methoxy groups -OCH3 is 1. The van der Waals surface area contributed by atoms with Crippen LogP contribution in [0.25, 0.3) is 32.6 Å². The highest BCUT2D eigenvalue weighted by Crippen LogP contribution is 2.40. The summed E-state index contributed by atoms with van der Waals surface area (Å²) in [5.41, 5.74) is 1.93. The first-order chi connectivity index (χ1) is 18.9. The zero-order chi connectivity index (χ0) is 27.3. The van der Waals surface area contributed by atoms with Gasteiger partial charge >= 0.3 is 6.09 Å². The normalized spacial score (nSPS) is 12.3. The molecule has 0 saturated carbocycles. The molecular formula is C29H25N3O6S. The Balaban J connectivity index is 1.52. The lowest BCUT2D eigenvalue weighted by Crippen LogP contribution is -2.30. The number of thioether (sulfide) groups is 1. The molecule has 0 N–H and O–H groups in total. The minimum atomic E-state index is -0.602. The van der Waals surface area contributed by atoms with Gasteiger partial charge in [-0.25, -0.2) is 4.79 Å². The van der Waals surface area contributed by atoms with E-state index in [0.29, 0.717) is 45.8 Å². The Labute approximate surface area is 227 Å². The molecule has 9 nitrogen and oxygen atoms in total. The van der Waals surface area contributed by atoms with E-state index < -0.39 is 6.09 Å². The Bertz CT molecular complexity index is 1850. The number of fused-ring (bicyclic) bond motifs is 6. The van der Waals surface area contributed by atoms with E-state index in [2.05, 4.69) is 4.98 Å². The minimum Gasteiger partial charge on any atom is -0.493 e. The van der Waals surface area contributed by atoms with E-state index in [4.69, 9.17) is 18.9 Å². The summed E-state index contributed by atoms with van der Waals surface area (Å²) in [7, 11) is 3.14. The fourth-order valence-electron chi connectivity index (χ4n) is 4.97. The molecule has 1 aliphatic heterocycles. The van der Waals surface area contributed by atoms with Gasteiger partial charge in [-0.3, -0.25) is 14.7 Å². The molecule has 39 heavy (non-hydrogen) atoms. The Kier molecular flexibility index (Phi) is 6.19. The maximum Gasteiger partial charge on any atom is 0.419 e. The summed E-state index contributed by atoms with van der Waals surface area (Å²) in [6.07, 6.45) is 3.08. The maximum atomic E-state index is 13.8. The van der Waals surface area contributed by atoms with Gasteiger partial charge < -0.3 is 23.5 Å². The summed E-state index contributed by atoms with van der Waals surface area (Å²) >= 11 is 1.53. The molecule has 0 aliphatic carbocycles. The van der Waals surface area contributed by atoms with Crippen molar-refractivity contribution in [2.45, 2.75) is 18.4 Å². The first-order valence-electron chi connectivity index (χ1n) is 12.3. The number of para-hydroxylation sites is 1. The van der Waals surface area contributed by atoms with Gasteiger partial charge in [-0.15, -0.1) is 11.8 Å².